The van der Waals surface area contributed by atoms with Gasteiger partial charge >= 0.3 is 0 Å². The van der Waals surface area contributed by atoms with E-state index in [-0.39, 0.29) is 5.75 Å². The molecule has 0 heterocycles. The van der Waals surface area contributed by atoms with Gasteiger partial charge in [-0.15, -0.1) is 6.58 Å². The summed E-state index contributed by atoms with van der Waals surface area (Å²) in [4.78, 5) is 0. The Kier molecular flexibility index (Phi) is 7.52. The molecule has 0 bridgehead atoms. The molecule has 0 atom stereocenters. The van der Waals surface area contributed by atoms with Gasteiger partial charge in [0.2, 0.25) is 10.0 Å². The van der Waals surface area contributed by atoms with Crippen LogP contribution in [-0.4, -0.2) is 22.6 Å². The van der Waals surface area contributed by atoms with Crippen molar-refractivity contribution in [3.05, 3.63) is 12.7 Å². The molecule has 0 aromatic heterocycles. The van der Waals surface area contributed by atoms with Gasteiger partial charge in [0.05, 0.1) is 5.75 Å². The molecule has 0 amide bonds. The van der Waals surface area contributed by atoms with Crippen molar-refractivity contribution in [2.24, 2.45) is 10.3 Å². The molecule has 6 nitrogen and oxygen atoms in total. The lowest BCUT2D eigenvalue weighted by atomic mass is 10.8. The highest BCUT2D eigenvalue weighted by Crippen LogP contribution is 1.73. The molecule has 0 aromatic rings. The Labute approximate surface area is 67.0 Å². The summed E-state index contributed by atoms with van der Waals surface area (Å²) in [5.74, 6) is -0.146. The van der Waals surface area contributed by atoms with E-state index in [9.17, 15) is 8.42 Å². The minimum absolute atomic E-state index is 0.146. The highest BCUT2D eigenvalue weighted by atomic mass is 32.2. The van der Waals surface area contributed by atoms with Gasteiger partial charge in [-0.25, -0.2) is 27.1 Å². The Hall–Kier alpha value is -0.440. The van der Waals surface area contributed by atoms with E-state index in [0.29, 0.717) is 0 Å². The van der Waals surface area contributed by atoms with Crippen LogP contribution in [-0.2, 0) is 20.9 Å². The minimum atomic E-state index is -3.29. The third-order valence-corrected chi connectivity index (χ3v) is 1.05. The summed E-state index contributed by atoms with van der Waals surface area (Å²) in [6.07, 6.45) is 1.25. The van der Waals surface area contributed by atoms with Crippen LogP contribution < -0.4 is 10.3 Å². The lowest BCUT2D eigenvalue weighted by Gasteiger charge is -1.83. The Balaban J connectivity index is 0. The summed E-state index contributed by atoms with van der Waals surface area (Å²) >= 11 is 0. The van der Waals surface area contributed by atoms with Crippen molar-refractivity contribution in [2.75, 3.05) is 5.75 Å². The number of primary sulfonamides is 1. The molecule has 0 saturated carbocycles. The maximum atomic E-state index is 9.94. The van der Waals surface area contributed by atoms with E-state index in [2.05, 4.69) is 16.9 Å². The van der Waals surface area contributed by atoms with Gasteiger partial charge < -0.3 is 0 Å². The molecule has 8 heteroatoms. The van der Waals surface area contributed by atoms with Crippen molar-refractivity contribution >= 4 is 20.9 Å². The zero-order valence-electron chi connectivity index (χ0n) is 5.63. The SMILES string of the molecule is C=CCS(N)(=O)=O.N[SH](=O)=O. The molecule has 0 rings (SSSR count). The smallest absolute Gasteiger partial charge is 0.212 e. The lowest BCUT2D eigenvalue weighted by Crippen LogP contribution is -2.14. The van der Waals surface area contributed by atoms with Gasteiger partial charge in [-0.2, -0.15) is 0 Å². The van der Waals surface area contributed by atoms with Crippen LogP contribution in [0, 0.1) is 0 Å². The molecule has 0 radical (unpaired) electrons. The molecule has 0 spiro atoms. The first-order valence-corrected chi connectivity index (χ1v) is 5.26. The lowest BCUT2D eigenvalue weighted by molar-refractivity contribution is 0.600. The van der Waals surface area contributed by atoms with Gasteiger partial charge in [-0.05, 0) is 0 Å². The molecule has 0 aromatic carbocycles. The van der Waals surface area contributed by atoms with E-state index >= 15 is 0 Å². The third kappa shape index (κ3) is 43.1. The number of thiol groups is 1. The Morgan fingerprint density at radius 3 is 1.73 bits per heavy atom. The molecule has 0 aliphatic heterocycles. The maximum Gasteiger partial charge on any atom is 0.212 e. The van der Waals surface area contributed by atoms with Crippen molar-refractivity contribution in [1.29, 1.82) is 0 Å². The first-order chi connectivity index (χ1) is 4.79. The molecule has 0 aliphatic rings. The van der Waals surface area contributed by atoms with Crippen LogP contribution in [0.3, 0.4) is 0 Å². The number of hydrogen-bond donors (Lipinski definition) is 3. The highest BCUT2D eigenvalue weighted by molar-refractivity contribution is 7.89. The van der Waals surface area contributed by atoms with E-state index < -0.39 is 20.9 Å². The standard InChI is InChI=1S/C3H7NO2S.H3NO2S/c1-2-3-7(4,5)6;1-4(2)3/h2H,1,3H2,(H2,4,5,6);4H,(H2,1,2,3). The summed E-state index contributed by atoms with van der Waals surface area (Å²) in [6, 6.07) is 0. The zero-order valence-corrected chi connectivity index (χ0v) is 7.35. The van der Waals surface area contributed by atoms with E-state index in [4.69, 9.17) is 8.42 Å². The van der Waals surface area contributed by atoms with Gasteiger partial charge in [-0.3, -0.25) is 0 Å². The summed E-state index contributed by atoms with van der Waals surface area (Å²) < 4.78 is 37.5. The van der Waals surface area contributed by atoms with Gasteiger partial charge in [0, 0.05) is 0 Å². The fourth-order valence-corrected chi connectivity index (χ4v) is 0.493. The van der Waals surface area contributed by atoms with Crippen LogP contribution in [0.4, 0.5) is 0 Å². The van der Waals surface area contributed by atoms with Crippen LogP contribution in [0.15, 0.2) is 12.7 Å². The van der Waals surface area contributed by atoms with Crippen LogP contribution in [0.2, 0.25) is 0 Å². The minimum Gasteiger partial charge on any atom is -0.231 e. The fourth-order valence-electron chi connectivity index (χ4n) is 0.164. The zero-order chi connectivity index (χ0) is 9.49. The summed E-state index contributed by atoms with van der Waals surface area (Å²) in [6.45, 7) is 3.19. The average Bonchev–Trinajstić information content (AvgIpc) is 1.58. The second kappa shape index (κ2) is 6.28. The molecule has 4 N–H and O–H groups in total. The number of hydrogen-bond acceptors (Lipinski definition) is 4. The molecule has 0 saturated heterocycles. The van der Waals surface area contributed by atoms with Crippen molar-refractivity contribution in [1.82, 2.24) is 0 Å². The molecule has 0 fully saturated rings. The van der Waals surface area contributed by atoms with E-state index in [1.54, 1.807) is 0 Å². The summed E-state index contributed by atoms with van der Waals surface area (Å²) in [7, 11) is -5.91. The third-order valence-electron chi connectivity index (χ3n) is 0.350. The number of nitrogens with two attached hydrogens (primary N) is 2. The predicted octanol–water partition coefficient (Wildman–Crippen LogP) is -2.07. The van der Waals surface area contributed by atoms with Crippen molar-refractivity contribution < 1.29 is 16.8 Å². The first kappa shape index (κ1) is 13.2. The van der Waals surface area contributed by atoms with Gasteiger partial charge in [0.1, 0.15) is 0 Å². The van der Waals surface area contributed by atoms with Gasteiger partial charge in [0.25, 0.3) is 0 Å². The summed E-state index contributed by atoms with van der Waals surface area (Å²) in [5, 5.41) is 8.61. The fraction of sp³-hybridized carbons (Fsp3) is 0.333. The molecular weight excluding hydrogens is 192 g/mol. The molecule has 0 aliphatic carbocycles. The summed E-state index contributed by atoms with van der Waals surface area (Å²) in [5.41, 5.74) is 0. The van der Waals surface area contributed by atoms with E-state index in [1.807, 2.05) is 0 Å². The van der Waals surface area contributed by atoms with Crippen LogP contribution >= 0.6 is 0 Å². The largest absolute Gasteiger partial charge is 0.231 e. The Morgan fingerprint density at radius 1 is 1.45 bits per heavy atom. The molecule has 11 heavy (non-hydrogen) atoms. The number of sulfonamides is 1. The predicted molar refractivity (Wildman–Crippen MR) is 42.7 cm³/mol. The maximum absolute atomic E-state index is 9.94. The van der Waals surface area contributed by atoms with Crippen molar-refractivity contribution in [3.63, 3.8) is 0 Å². The molecule has 68 valence electrons. The van der Waals surface area contributed by atoms with Crippen molar-refractivity contribution in [2.45, 2.75) is 0 Å². The van der Waals surface area contributed by atoms with E-state index in [1.165, 1.54) is 6.08 Å². The van der Waals surface area contributed by atoms with Gasteiger partial charge in [0.15, 0.2) is 10.9 Å². The second-order valence-electron chi connectivity index (χ2n) is 1.40. The average molecular weight is 202 g/mol. The van der Waals surface area contributed by atoms with Crippen LogP contribution in [0.5, 0.6) is 0 Å². The monoisotopic (exact) mass is 202 g/mol. The number of rotatable bonds is 2. The Morgan fingerprint density at radius 2 is 1.73 bits per heavy atom. The van der Waals surface area contributed by atoms with Crippen molar-refractivity contribution in [3.8, 4) is 0 Å². The van der Waals surface area contributed by atoms with E-state index in [0.717, 1.165) is 0 Å². The Bertz CT molecular complexity index is 257. The second-order valence-corrected chi connectivity index (χ2v) is 3.63. The van der Waals surface area contributed by atoms with Crippen LogP contribution in [0.25, 0.3) is 0 Å². The first-order valence-electron chi connectivity index (χ1n) is 2.30. The molecule has 0 unspecified atom stereocenters. The normalized spacial score (nSPS) is 10.1. The molecular formula is C3H10N2O4S2. The topological polar surface area (TPSA) is 120 Å². The highest BCUT2D eigenvalue weighted by Gasteiger charge is 1.93. The quantitative estimate of drug-likeness (QED) is 0.352. The van der Waals surface area contributed by atoms with Gasteiger partial charge in [-0.1, -0.05) is 6.08 Å². The van der Waals surface area contributed by atoms with Crippen LogP contribution in [0.1, 0.15) is 0 Å².